The third-order valence-corrected chi connectivity index (χ3v) is 4.03. The van der Waals surface area contributed by atoms with Gasteiger partial charge in [0.15, 0.2) is 0 Å². The van der Waals surface area contributed by atoms with Gasteiger partial charge in [-0.3, -0.25) is 4.68 Å². The van der Waals surface area contributed by atoms with E-state index in [1.807, 2.05) is 32.2 Å². The van der Waals surface area contributed by atoms with E-state index in [2.05, 4.69) is 21.0 Å². The van der Waals surface area contributed by atoms with Crippen LogP contribution in [0.2, 0.25) is 5.02 Å². The van der Waals surface area contributed by atoms with E-state index < -0.39 is 6.10 Å². The lowest BCUT2D eigenvalue weighted by Gasteiger charge is -2.14. The number of aromatic nitrogens is 2. The molecule has 2 rings (SSSR count). The Kier molecular flexibility index (Phi) is 4.73. The van der Waals surface area contributed by atoms with E-state index in [0.29, 0.717) is 17.4 Å². The van der Waals surface area contributed by atoms with Gasteiger partial charge in [0.05, 0.1) is 22.5 Å². The summed E-state index contributed by atoms with van der Waals surface area (Å²) in [5.74, 6) is 0.637. The zero-order valence-corrected chi connectivity index (χ0v) is 13.9. The standard InChI is InChI=1S/C14H16BrClN2O2/c1-8-14(16)12(18(3)17-8)7-20-13-5-4-10(15)6-11(13)9(2)19/h4-6,9,19H,7H2,1-3H3. The third-order valence-electron chi connectivity index (χ3n) is 3.05. The average Bonchev–Trinajstić information content (AvgIpc) is 2.62. The lowest BCUT2D eigenvalue weighted by atomic mass is 10.1. The minimum absolute atomic E-state index is 0.303. The number of halogens is 2. The highest BCUT2D eigenvalue weighted by molar-refractivity contribution is 9.10. The van der Waals surface area contributed by atoms with E-state index in [1.165, 1.54) is 0 Å². The monoisotopic (exact) mass is 358 g/mol. The molecule has 0 bridgehead atoms. The molecule has 20 heavy (non-hydrogen) atoms. The summed E-state index contributed by atoms with van der Waals surface area (Å²) in [6.07, 6.45) is -0.605. The van der Waals surface area contributed by atoms with E-state index >= 15 is 0 Å². The van der Waals surface area contributed by atoms with Gasteiger partial charge in [0.25, 0.3) is 0 Å². The van der Waals surface area contributed by atoms with Crippen LogP contribution in [0.3, 0.4) is 0 Å². The molecule has 4 nitrogen and oxygen atoms in total. The molecule has 1 N–H and O–H groups in total. The van der Waals surface area contributed by atoms with Crippen molar-refractivity contribution in [1.29, 1.82) is 0 Å². The summed E-state index contributed by atoms with van der Waals surface area (Å²) in [6.45, 7) is 3.86. The van der Waals surface area contributed by atoms with Crippen LogP contribution in [-0.4, -0.2) is 14.9 Å². The molecular weight excluding hydrogens is 344 g/mol. The first kappa shape index (κ1) is 15.4. The van der Waals surface area contributed by atoms with Crippen molar-refractivity contribution < 1.29 is 9.84 Å². The first-order valence-electron chi connectivity index (χ1n) is 6.18. The molecule has 0 aliphatic heterocycles. The topological polar surface area (TPSA) is 47.3 Å². The number of aryl methyl sites for hydroxylation is 2. The molecule has 0 saturated carbocycles. The largest absolute Gasteiger partial charge is 0.487 e. The second-order valence-corrected chi connectivity index (χ2v) is 5.91. The molecule has 0 radical (unpaired) electrons. The van der Waals surface area contributed by atoms with E-state index in [0.717, 1.165) is 21.4 Å². The average molecular weight is 360 g/mol. The Bertz CT molecular complexity index is 626. The van der Waals surface area contributed by atoms with Crippen LogP contribution in [0.5, 0.6) is 5.75 Å². The van der Waals surface area contributed by atoms with Gasteiger partial charge in [-0.15, -0.1) is 0 Å². The van der Waals surface area contributed by atoms with Crippen LogP contribution >= 0.6 is 27.5 Å². The molecule has 1 aromatic carbocycles. The molecule has 6 heteroatoms. The molecular formula is C14H16BrClN2O2. The minimum Gasteiger partial charge on any atom is -0.487 e. The molecule has 1 heterocycles. The summed E-state index contributed by atoms with van der Waals surface area (Å²) < 4.78 is 8.39. The van der Waals surface area contributed by atoms with Crippen molar-refractivity contribution in [3.63, 3.8) is 0 Å². The molecule has 1 aromatic heterocycles. The van der Waals surface area contributed by atoms with Crippen molar-refractivity contribution in [3.05, 3.63) is 44.6 Å². The predicted octanol–water partition coefficient (Wildman–Crippen LogP) is 3.78. The summed E-state index contributed by atoms with van der Waals surface area (Å²) in [4.78, 5) is 0. The Labute approximate surface area is 131 Å². The third kappa shape index (κ3) is 3.16. The summed E-state index contributed by atoms with van der Waals surface area (Å²) in [7, 11) is 1.83. The number of nitrogens with zero attached hydrogens (tertiary/aromatic N) is 2. The number of hydrogen-bond acceptors (Lipinski definition) is 3. The van der Waals surface area contributed by atoms with E-state index in [4.69, 9.17) is 16.3 Å². The maximum absolute atomic E-state index is 9.80. The van der Waals surface area contributed by atoms with Crippen LogP contribution in [0.4, 0.5) is 0 Å². The maximum Gasteiger partial charge on any atom is 0.131 e. The molecule has 0 aliphatic rings. The zero-order valence-electron chi connectivity index (χ0n) is 11.5. The number of ether oxygens (including phenoxy) is 1. The quantitative estimate of drug-likeness (QED) is 0.904. The molecule has 2 aromatic rings. The summed E-state index contributed by atoms with van der Waals surface area (Å²) in [5.41, 5.74) is 2.32. The van der Waals surface area contributed by atoms with Crippen LogP contribution in [-0.2, 0) is 13.7 Å². The van der Waals surface area contributed by atoms with Crippen LogP contribution in [0.1, 0.15) is 30.0 Å². The Morgan fingerprint density at radius 1 is 1.50 bits per heavy atom. The van der Waals surface area contributed by atoms with Gasteiger partial charge in [-0.25, -0.2) is 0 Å². The molecule has 1 atom stereocenters. The first-order valence-corrected chi connectivity index (χ1v) is 7.35. The van der Waals surface area contributed by atoms with Crippen molar-refractivity contribution >= 4 is 27.5 Å². The molecule has 0 amide bonds. The molecule has 0 fully saturated rings. The van der Waals surface area contributed by atoms with E-state index in [9.17, 15) is 5.11 Å². The Morgan fingerprint density at radius 3 is 2.75 bits per heavy atom. The van der Waals surface area contributed by atoms with Crippen LogP contribution in [0.15, 0.2) is 22.7 Å². The molecule has 0 aliphatic carbocycles. The summed E-state index contributed by atoms with van der Waals surface area (Å²) >= 11 is 9.57. The van der Waals surface area contributed by atoms with Gasteiger partial charge >= 0.3 is 0 Å². The second-order valence-electron chi connectivity index (χ2n) is 4.62. The zero-order chi connectivity index (χ0) is 14.9. The highest BCUT2D eigenvalue weighted by Gasteiger charge is 2.14. The number of rotatable bonds is 4. The lowest BCUT2D eigenvalue weighted by molar-refractivity contribution is 0.189. The molecule has 1 unspecified atom stereocenters. The van der Waals surface area contributed by atoms with Gasteiger partial charge in [0.1, 0.15) is 12.4 Å². The van der Waals surface area contributed by atoms with Crippen molar-refractivity contribution in [2.75, 3.05) is 0 Å². The van der Waals surface area contributed by atoms with Gasteiger partial charge in [-0.05, 0) is 32.0 Å². The normalized spacial score (nSPS) is 12.5. The van der Waals surface area contributed by atoms with Crippen molar-refractivity contribution in [2.24, 2.45) is 7.05 Å². The first-order chi connectivity index (χ1) is 9.40. The van der Waals surface area contributed by atoms with Crippen molar-refractivity contribution in [1.82, 2.24) is 9.78 Å². The van der Waals surface area contributed by atoms with Gasteiger partial charge < -0.3 is 9.84 Å². The Hall–Kier alpha value is -1.04. The van der Waals surface area contributed by atoms with Gasteiger partial charge in [-0.1, -0.05) is 27.5 Å². The fourth-order valence-electron chi connectivity index (χ4n) is 1.96. The SMILES string of the molecule is Cc1nn(C)c(COc2ccc(Br)cc2C(C)O)c1Cl. The summed E-state index contributed by atoms with van der Waals surface area (Å²) in [6, 6.07) is 5.54. The maximum atomic E-state index is 9.80. The van der Waals surface area contributed by atoms with Crippen LogP contribution in [0.25, 0.3) is 0 Å². The van der Waals surface area contributed by atoms with E-state index in [-0.39, 0.29) is 0 Å². The predicted molar refractivity (Wildman–Crippen MR) is 82.1 cm³/mol. The highest BCUT2D eigenvalue weighted by Crippen LogP contribution is 2.30. The van der Waals surface area contributed by atoms with E-state index in [1.54, 1.807) is 11.6 Å². The lowest BCUT2D eigenvalue weighted by Crippen LogP contribution is -2.05. The fraction of sp³-hybridized carbons (Fsp3) is 0.357. The van der Waals surface area contributed by atoms with Crippen molar-refractivity contribution in [2.45, 2.75) is 26.6 Å². The Morgan fingerprint density at radius 2 is 2.20 bits per heavy atom. The molecule has 108 valence electrons. The smallest absolute Gasteiger partial charge is 0.131 e. The molecule has 0 spiro atoms. The highest BCUT2D eigenvalue weighted by atomic mass is 79.9. The molecule has 0 saturated heterocycles. The number of hydrogen-bond donors (Lipinski definition) is 1. The van der Waals surface area contributed by atoms with Gasteiger partial charge in [0, 0.05) is 17.1 Å². The number of aliphatic hydroxyl groups is 1. The van der Waals surface area contributed by atoms with Gasteiger partial charge in [-0.2, -0.15) is 5.10 Å². The number of benzene rings is 1. The fourth-order valence-corrected chi connectivity index (χ4v) is 2.55. The number of aliphatic hydroxyl groups excluding tert-OH is 1. The minimum atomic E-state index is -0.605. The van der Waals surface area contributed by atoms with Crippen LogP contribution in [0, 0.1) is 6.92 Å². The Balaban J connectivity index is 2.23. The van der Waals surface area contributed by atoms with Gasteiger partial charge in [0.2, 0.25) is 0 Å². The summed E-state index contributed by atoms with van der Waals surface area (Å²) in [5, 5.41) is 14.7. The van der Waals surface area contributed by atoms with Crippen molar-refractivity contribution in [3.8, 4) is 5.75 Å². The second kappa shape index (κ2) is 6.16. The van der Waals surface area contributed by atoms with Crippen LogP contribution < -0.4 is 4.74 Å².